The van der Waals surface area contributed by atoms with Crippen LogP contribution < -0.4 is 10.1 Å². The van der Waals surface area contributed by atoms with Crippen LogP contribution in [0.2, 0.25) is 0 Å². The molecule has 0 aromatic heterocycles. The molecule has 0 spiro atoms. The van der Waals surface area contributed by atoms with Gasteiger partial charge in [0.1, 0.15) is 18.2 Å². The van der Waals surface area contributed by atoms with Crippen LogP contribution in [-0.4, -0.2) is 19.1 Å². The predicted molar refractivity (Wildman–Crippen MR) is 83.0 cm³/mol. The molecule has 22 heavy (non-hydrogen) atoms. The molecule has 0 saturated heterocycles. The van der Waals surface area contributed by atoms with E-state index >= 15 is 0 Å². The summed E-state index contributed by atoms with van der Waals surface area (Å²) in [6, 6.07) is 13.9. The fourth-order valence-corrected chi connectivity index (χ4v) is 2.33. The minimum absolute atomic E-state index is 0.128. The van der Waals surface area contributed by atoms with Crippen LogP contribution in [0.1, 0.15) is 11.1 Å². The van der Waals surface area contributed by atoms with Crippen LogP contribution >= 0.6 is 0 Å². The van der Waals surface area contributed by atoms with E-state index in [-0.39, 0.29) is 18.3 Å². The Bertz CT molecular complexity index is 707. The van der Waals surface area contributed by atoms with E-state index < -0.39 is 0 Å². The molecule has 0 unspecified atom stereocenters. The molecule has 0 fully saturated rings. The maximum atomic E-state index is 12.8. The largest absolute Gasteiger partial charge is 0.488 e. The fourth-order valence-electron chi connectivity index (χ4n) is 2.33. The van der Waals surface area contributed by atoms with Crippen molar-refractivity contribution >= 4 is 12.0 Å². The van der Waals surface area contributed by atoms with Gasteiger partial charge in [-0.05, 0) is 36.3 Å². The second kappa shape index (κ2) is 6.43. The second-order valence-corrected chi connectivity index (χ2v) is 5.13. The highest BCUT2D eigenvalue weighted by Gasteiger charge is 2.16. The van der Waals surface area contributed by atoms with Gasteiger partial charge in [-0.3, -0.25) is 4.79 Å². The highest BCUT2D eigenvalue weighted by atomic mass is 19.1. The van der Waals surface area contributed by atoms with Crippen molar-refractivity contribution in [3.63, 3.8) is 0 Å². The van der Waals surface area contributed by atoms with Gasteiger partial charge in [-0.25, -0.2) is 4.39 Å². The number of amides is 1. The van der Waals surface area contributed by atoms with Gasteiger partial charge >= 0.3 is 0 Å². The molecule has 0 radical (unpaired) electrons. The van der Waals surface area contributed by atoms with Crippen molar-refractivity contribution in [2.75, 3.05) is 13.2 Å². The molecular weight excluding hydrogens is 281 g/mol. The molecule has 0 aliphatic carbocycles. The zero-order chi connectivity index (χ0) is 15.4. The molecule has 1 heterocycles. The molecule has 4 heteroatoms. The summed E-state index contributed by atoms with van der Waals surface area (Å²) < 4.78 is 18.4. The molecule has 1 aliphatic heterocycles. The zero-order valence-corrected chi connectivity index (χ0v) is 12.0. The molecule has 1 N–H and O–H groups in total. The maximum Gasteiger partial charge on any atom is 0.250 e. The number of fused-ring (bicyclic) bond motifs is 1. The summed E-state index contributed by atoms with van der Waals surface area (Å²) in [5, 5.41) is 2.87. The number of carbonyl (C=O) groups is 1. The van der Waals surface area contributed by atoms with Crippen molar-refractivity contribution in [2.24, 2.45) is 0 Å². The topological polar surface area (TPSA) is 38.3 Å². The molecule has 0 saturated carbocycles. The molecule has 0 bridgehead atoms. The minimum Gasteiger partial charge on any atom is -0.488 e. The van der Waals surface area contributed by atoms with E-state index in [4.69, 9.17) is 4.74 Å². The number of nitrogens with one attached hydrogen (secondary N) is 1. The van der Waals surface area contributed by atoms with Crippen LogP contribution in [0.15, 0.2) is 54.1 Å². The quantitative estimate of drug-likeness (QED) is 0.942. The van der Waals surface area contributed by atoms with Crippen LogP contribution in [0, 0.1) is 5.82 Å². The summed E-state index contributed by atoms with van der Waals surface area (Å²) in [4.78, 5) is 12.1. The summed E-state index contributed by atoms with van der Waals surface area (Å²) in [6.07, 6.45) is 2.52. The summed E-state index contributed by atoms with van der Waals surface area (Å²) in [6.45, 7) is 0.781. The van der Waals surface area contributed by atoms with Crippen molar-refractivity contribution in [3.8, 4) is 5.75 Å². The van der Waals surface area contributed by atoms with Crippen molar-refractivity contribution in [2.45, 2.75) is 6.42 Å². The van der Waals surface area contributed by atoms with Crippen molar-refractivity contribution in [1.29, 1.82) is 0 Å². The fraction of sp³-hybridized carbons (Fsp3) is 0.167. The predicted octanol–water partition coefficient (Wildman–Crippen LogP) is 2.96. The lowest BCUT2D eigenvalue weighted by molar-refractivity contribution is -0.117. The molecule has 3 nitrogen and oxygen atoms in total. The third-order valence-electron chi connectivity index (χ3n) is 3.54. The Balaban J connectivity index is 1.57. The molecule has 1 amide bonds. The van der Waals surface area contributed by atoms with Gasteiger partial charge in [-0.15, -0.1) is 0 Å². The molecule has 2 aromatic carbocycles. The Morgan fingerprint density at radius 1 is 1.14 bits per heavy atom. The first-order chi connectivity index (χ1) is 10.7. The third-order valence-corrected chi connectivity index (χ3v) is 3.54. The maximum absolute atomic E-state index is 12.8. The average molecular weight is 297 g/mol. The Kier molecular flexibility index (Phi) is 4.19. The Morgan fingerprint density at radius 3 is 2.73 bits per heavy atom. The molecule has 1 aliphatic rings. The second-order valence-electron chi connectivity index (χ2n) is 5.13. The monoisotopic (exact) mass is 297 g/mol. The van der Waals surface area contributed by atoms with E-state index in [2.05, 4.69) is 5.32 Å². The number of rotatable bonds is 4. The average Bonchev–Trinajstić information content (AvgIpc) is 2.56. The number of hydrogen-bond acceptors (Lipinski definition) is 2. The number of para-hydroxylation sites is 1. The Labute approximate surface area is 128 Å². The van der Waals surface area contributed by atoms with Gasteiger partial charge in [0.15, 0.2) is 0 Å². The standard InChI is InChI=1S/C18H16FNO2/c19-16-7-5-13(6-8-16)9-10-20-18(21)15-11-14-3-1-2-4-17(14)22-12-15/h1-8,11H,9-10,12H2,(H,20,21). The summed E-state index contributed by atoms with van der Waals surface area (Å²) in [5.41, 5.74) is 2.51. The first-order valence-corrected chi connectivity index (χ1v) is 7.17. The van der Waals surface area contributed by atoms with Gasteiger partial charge in [-0.2, -0.15) is 0 Å². The lowest BCUT2D eigenvalue weighted by Gasteiger charge is -2.17. The number of benzene rings is 2. The summed E-state index contributed by atoms with van der Waals surface area (Å²) in [7, 11) is 0. The van der Waals surface area contributed by atoms with Gasteiger partial charge < -0.3 is 10.1 Å². The molecule has 2 aromatic rings. The van der Waals surface area contributed by atoms with Crippen LogP contribution in [-0.2, 0) is 11.2 Å². The van der Waals surface area contributed by atoms with Crippen molar-refractivity contribution in [3.05, 3.63) is 71.0 Å². The SMILES string of the molecule is O=C(NCCc1ccc(F)cc1)C1=Cc2ccccc2OC1. The van der Waals surface area contributed by atoms with Crippen LogP contribution in [0.5, 0.6) is 5.75 Å². The number of carbonyl (C=O) groups excluding carboxylic acids is 1. The Hall–Kier alpha value is -2.62. The van der Waals surface area contributed by atoms with E-state index in [0.717, 1.165) is 16.9 Å². The van der Waals surface area contributed by atoms with Gasteiger partial charge in [0.05, 0.1) is 5.57 Å². The summed E-state index contributed by atoms with van der Waals surface area (Å²) >= 11 is 0. The number of hydrogen-bond donors (Lipinski definition) is 1. The smallest absolute Gasteiger partial charge is 0.250 e. The first-order valence-electron chi connectivity index (χ1n) is 7.17. The van der Waals surface area contributed by atoms with Crippen molar-refractivity contribution in [1.82, 2.24) is 5.32 Å². The highest BCUT2D eigenvalue weighted by Crippen LogP contribution is 2.25. The molecule has 0 atom stereocenters. The van der Waals surface area contributed by atoms with Gasteiger partial charge in [0, 0.05) is 12.1 Å². The van der Waals surface area contributed by atoms with E-state index in [9.17, 15) is 9.18 Å². The lowest BCUT2D eigenvalue weighted by atomic mass is 10.1. The molecule has 3 rings (SSSR count). The number of ether oxygens (including phenoxy) is 1. The third kappa shape index (κ3) is 3.34. The van der Waals surface area contributed by atoms with Crippen LogP contribution in [0.25, 0.3) is 6.08 Å². The Morgan fingerprint density at radius 2 is 1.91 bits per heavy atom. The van der Waals surface area contributed by atoms with Gasteiger partial charge in [0.25, 0.3) is 5.91 Å². The van der Waals surface area contributed by atoms with E-state index in [0.29, 0.717) is 18.5 Å². The first kappa shape index (κ1) is 14.3. The molecular formula is C18H16FNO2. The van der Waals surface area contributed by atoms with Crippen molar-refractivity contribution < 1.29 is 13.9 Å². The van der Waals surface area contributed by atoms with Gasteiger partial charge in [-0.1, -0.05) is 30.3 Å². The normalized spacial score (nSPS) is 12.9. The number of halogens is 1. The molecule has 112 valence electrons. The lowest BCUT2D eigenvalue weighted by Crippen LogP contribution is -2.30. The zero-order valence-electron chi connectivity index (χ0n) is 12.0. The van der Waals surface area contributed by atoms with Crippen LogP contribution in [0.4, 0.5) is 4.39 Å². The van der Waals surface area contributed by atoms with Gasteiger partial charge in [0.2, 0.25) is 0 Å². The van der Waals surface area contributed by atoms with E-state index in [1.807, 2.05) is 30.3 Å². The highest BCUT2D eigenvalue weighted by molar-refractivity contribution is 5.99. The summed E-state index contributed by atoms with van der Waals surface area (Å²) in [5.74, 6) is 0.415. The van der Waals surface area contributed by atoms with E-state index in [1.54, 1.807) is 12.1 Å². The van der Waals surface area contributed by atoms with Crippen LogP contribution in [0.3, 0.4) is 0 Å². The van der Waals surface area contributed by atoms with E-state index in [1.165, 1.54) is 12.1 Å². The minimum atomic E-state index is -0.254.